The van der Waals surface area contributed by atoms with Gasteiger partial charge in [-0.2, -0.15) is 0 Å². The van der Waals surface area contributed by atoms with Gasteiger partial charge in [0.25, 0.3) is 5.91 Å². The number of aromatic amines is 1. The summed E-state index contributed by atoms with van der Waals surface area (Å²) in [5.74, 6) is 1.48. The molecule has 2 aliphatic rings. The normalized spacial score (nSPS) is 19.1. The van der Waals surface area contributed by atoms with Crippen LogP contribution in [0.5, 0.6) is 0 Å². The Balaban J connectivity index is 1.31. The highest BCUT2D eigenvalue weighted by Gasteiger charge is 2.29. The van der Waals surface area contributed by atoms with Gasteiger partial charge >= 0.3 is 0 Å². The van der Waals surface area contributed by atoms with E-state index in [1.807, 2.05) is 12.3 Å². The van der Waals surface area contributed by atoms with Crippen molar-refractivity contribution < 1.29 is 9.32 Å². The molecule has 1 saturated heterocycles. The second kappa shape index (κ2) is 7.23. The highest BCUT2D eigenvalue weighted by molar-refractivity contribution is 5.94. The Labute approximate surface area is 161 Å². The standard InChI is InChI=1S/C19H23N7O2/c27-19(22-7-3-12-2-1-6-20-12)16-14-10-26(9-5-15(14)28-25-16)18-13-4-8-21-17(13)23-11-24-18/h4,8,11-12,20H,1-3,5-7,9-10H2,(H,22,27)(H,21,23,24). The number of anilines is 1. The maximum absolute atomic E-state index is 12.7. The summed E-state index contributed by atoms with van der Waals surface area (Å²) >= 11 is 0. The van der Waals surface area contributed by atoms with Crippen LogP contribution in [-0.2, 0) is 13.0 Å². The van der Waals surface area contributed by atoms with Crippen molar-refractivity contribution in [3.63, 3.8) is 0 Å². The van der Waals surface area contributed by atoms with Crippen LogP contribution < -0.4 is 15.5 Å². The van der Waals surface area contributed by atoms with Crippen molar-refractivity contribution >= 4 is 22.8 Å². The van der Waals surface area contributed by atoms with E-state index in [2.05, 4.69) is 35.6 Å². The first kappa shape index (κ1) is 17.2. The van der Waals surface area contributed by atoms with Crippen molar-refractivity contribution in [2.24, 2.45) is 0 Å². The summed E-state index contributed by atoms with van der Waals surface area (Å²) in [5, 5.41) is 11.5. The van der Waals surface area contributed by atoms with Crippen LogP contribution in [0.2, 0.25) is 0 Å². The van der Waals surface area contributed by atoms with E-state index >= 15 is 0 Å². The highest BCUT2D eigenvalue weighted by atomic mass is 16.5. The average molecular weight is 381 g/mol. The molecule has 3 aromatic heterocycles. The zero-order valence-corrected chi connectivity index (χ0v) is 15.6. The molecule has 0 spiro atoms. The van der Waals surface area contributed by atoms with Gasteiger partial charge in [-0.1, -0.05) is 5.16 Å². The van der Waals surface area contributed by atoms with Crippen LogP contribution in [0.25, 0.3) is 11.0 Å². The van der Waals surface area contributed by atoms with Crippen molar-refractivity contribution in [1.82, 2.24) is 30.7 Å². The van der Waals surface area contributed by atoms with Crippen LogP contribution in [0, 0.1) is 0 Å². The molecule has 5 rings (SSSR count). The van der Waals surface area contributed by atoms with E-state index in [1.54, 1.807) is 6.33 Å². The lowest BCUT2D eigenvalue weighted by Gasteiger charge is -2.27. The first-order chi connectivity index (χ1) is 13.8. The summed E-state index contributed by atoms with van der Waals surface area (Å²) in [6.07, 6.45) is 7.43. The number of rotatable bonds is 5. The summed E-state index contributed by atoms with van der Waals surface area (Å²) < 4.78 is 5.46. The third-order valence-corrected chi connectivity index (χ3v) is 5.62. The van der Waals surface area contributed by atoms with Crippen molar-refractivity contribution in [3.8, 4) is 0 Å². The number of H-pyrrole nitrogens is 1. The average Bonchev–Trinajstić information content (AvgIpc) is 3.46. The molecule has 3 aromatic rings. The van der Waals surface area contributed by atoms with Gasteiger partial charge in [-0.3, -0.25) is 4.79 Å². The lowest BCUT2D eigenvalue weighted by Crippen LogP contribution is -2.34. The van der Waals surface area contributed by atoms with Crippen molar-refractivity contribution in [2.45, 2.75) is 38.3 Å². The van der Waals surface area contributed by atoms with Gasteiger partial charge in [-0.25, -0.2) is 9.97 Å². The van der Waals surface area contributed by atoms with E-state index in [0.29, 0.717) is 31.2 Å². The van der Waals surface area contributed by atoms with Crippen LogP contribution in [-0.4, -0.2) is 51.7 Å². The Bertz CT molecular complexity index is 989. The Hall–Kier alpha value is -2.94. The van der Waals surface area contributed by atoms with Crippen LogP contribution in [0.1, 0.15) is 41.1 Å². The fraction of sp³-hybridized carbons (Fsp3) is 0.474. The molecule has 3 N–H and O–H groups in total. The molecule has 9 heteroatoms. The zero-order valence-electron chi connectivity index (χ0n) is 15.6. The van der Waals surface area contributed by atoms with Crippen LogP contribution in [0.3, 0.4) is 0 Å². The van der Waals surface area contributed by atoms with Crippen LogP contribution >= 0.6 is 0 Å². The van der Waals surface area contributed by atoms with E-state index in [0.717, 1.165) is 47.7 Å². The Morgan fingerprint density at radius 3 is 3.25 bits per heavy atom. The highest BCUT2D eigenvalue weighted by Crippen LogP contribution is 2.29. The molecule has 1 amide bonds. The monoisotopic (exact) mass is 381 g/mol. The topological polar surface area (TPSA) is 112 Å². The number of nitrogens with one attached hydrogen (secondary N) is 3. The zero-order chi connectivity index (χ0) is 18.9. The van der Waals surface area contributed by atoms with Gasteiger partial charge in [0.05, 0.1) is 11.9 Å². The number of hydrogen-bond acceptors (Lipinski definition) is 7. The molecule has 1 fully saturated rings. The van der Waals surface area contributed by atoms with E-state index in [4.69, 9.17) is 4.52 Å². The Morgan fingerprint density at radius 1 is 1.39 bits per heavy atom. The molecule has 1 unspecified atom stereocenters. The minimum absolute atomic E-state index is 0.167. The van der Waals surface area contributed by atoms with Gasteiger partial charge in [-0.05, 0) is 31.9 Å². The predicted molar refractivity (Wildman–Crippen MR) is 103 cm³/mol. The summed E-state index contributed by atoms with van der Waals surface area (Å²) in [5.41, 5.74) is 2.04. The molecule has 146 valence electrons. The lowest BCUT2D eigenvalue weighted by molar-refractivity contribution is 0.0942. The minimum Gasteiger partial charge on any atom is -0.360 e. The summed E-state index contributed by atoms with van der Waals surface area (Å²) in [4.78, 5) is 26.6. The summed E-state index contributed by atoms with van der Waals surface area (Å²) in [6.45, 7) is 3.01. The van der Waals surface area contributed by atoms with Gasteiger partial charge < -0.3 is 25.0 Å². The van der Waals surface area contributed by atoms with Gasteiger partial charge in [-0.15, -0.1) is 0 Å². The molecule has 28 heavy (non-hydrogen) atoms. The van der Waals surface area contributed by atoms with Gasteiger partial charge in [0.15, 0.2) is 5.69 Å². The molecule has 0 saturated carbocycles. The van der Waals surface area contributed by atoms with Crippen molar-refractivity contribution in [1.29, 1.82) is 0 Å². The largest absolute Gasteiger partial charge is 0.360 e. The van der Waals surface area contributed by atoms with Crippen molar-refractivity contribution in [3.05, 3.63) is 35.6 Å². The molecule has 0 radical (unpaired) electrons. The molecule has 9 nitrogen and oxygen atoms in total. The lowest BCUT2D eigenvalue weighted by atomic mass is 10.1. The SMILES string of the molecule is O=C(NCCC1CCCN1)c1noc2c1CN(c1ncnc3[nH]ccc13)CC2. The Kier molecular flexibility index (Phi) is 4.44. The second-order valence-corrected chi connectivity index (χ2v) is 7.38. The first-order valence-electron chi connectivity index (χ1n) is 9.81. The molecule has 0 aromatic carbocycles. The smallest absolute Gasteiger partial charge is 0.273 e. The molecule has 2 aliphatic heterocycles. The van der Waals surface area contributed by atoms with Crippen molar-refractivity contribution in [2.75, 3.05) is 24.5 Å². The fourth-order valence-electron chi connectivity index (χ4n) is 4.13. The summed E-state index contributed by atoms with van der Waals surface area (Å²) in [6, 6.07) is 2.47. The quantitative estimate of drug-likeness (QED) is 0.612. The maximum Gasteiger partial charge on any atom is 0.273 e. The number of hydrogen-bond donors (Lipinski definition) is 3. The first-order valence-corrected chi connectivity index (χ1v) is 9.81. The molecular formula is C19H23N7O2. The number of aromatic nitrogens is 4. The molecule has 1 atom stereocenters. The Morgan fingerprint density at radius 2 is 2.36 bits per heavy atom. The number of carbonyl (C=O) groups is 1. The third-order valence-electron chi connectivity index (χ3n) is 5.62. The van der Waals surface area contributed by atoms with Gasteiger partial charge in [0.2, 0.25) is 0 Å². The number of nitrogens with zero attached hydrogens (tertiary/aromatic N) is 4. The van der Waals surface area contributed by atoms with E-state index in [-0.39, 0.29) is 5.91 Å². The van der Waals surface area contributed by atoms with E-state index < -0.39 is 0 Å². The summed E-state index contributed by atoms with van der Waals surface area (Å²) in [7, 11) is 0. The van der Waals surface area contributed by atoms with Gasteiger partial charge in [0, 0.05) is 37.3 Å². The van der Waals surface area contributed by atoms with Crippen LogP contribution in [0.4, 0.5) is 5.82 Å². The third kappa shape index (κ3) is 3.11. The number of fused-ring (bicyclic) bond motifs is 2. The second-order valence-electron chi connectivity index (χ2n) is 7.38. The fourth-order valence-corrected chi connectivity index (χ4v) is 4.13. The van der Waals surface area contributed by atoms with E-state index in [1.165, 1.54) is 12.8 Å². The molecule has 0 bridgehead atoms. The molecule has 5 heterocycles. The van der Waals surface area contributed by atoms with Crippen LogP contribution in [0.15, 0.2) is 23.1 Å². The molecular weight excluding hydrogens is 358 g/mol. The number of carbonyl (C=O) groups excluding carboxylic acids is 1. The maximum atomic E-state index is 12.7. The van der Waals surface area contributed by atoms with E-state index in [9.17, 15) is 4.79 Å². The molecule has 0 aliphatic carbocycles. The minimum atomic E-state index is -0.167. The van der Waals surface area contributed by atoms with Gasteiger partial charge in [0.1, 0.15) is 23.6 Å². The predicted octanol–water partition coefficient (Wildman–Crippen LogP) is 1.38. The number of amides is 1.